The summed E-state index contributed by atoms with van der Waals surface area (Å²) >= 11 is 0. The quantitative estimate of drug-likeness (QED) is 0.803. The predicted octanol–water partition coefficient (Wildman–Crippen LogP) is 3.48. The van der Waals surface area contributed by atoms with E-state index in [1.54, 1.807) is 11.0 Å². The van der Waals surface area contributed by atoms with Crippen LogP contribution in [-0.2, 0) is 4.74 Å². The monoisotopic (exact) mass is 376 g/mol. The molecule has 2 heterocycles. The Morgan fingerprint density at radius 1 is 1.07 bits per heavy atom. The zero-order valence-corrected chi connectivity index (χ0v) is 15.6. The van der Waals surface area contributed by atoms with Gasteiger partial charge in [-0.15, -0.1) is 0 Å². The molecule has 0 bridgehead atoms. The molecule has 0 saturated carbocycles. The first-order valence-corrected chi connectivity index (χ1v) is 8.73. The lowest BCUT2D eigenvalue weighted by Crippen LogP contribution is -2.50. The molecule has 8 heteroatoms. The standard InChI is InChI=1S/C19H22F2N4O2/c1-19(2,3)27-18(26)25-8-6-24(7-9-25)17-11-16(22-12-23-17)14-5-4-13(20)10-15(14)21/h4-5,10-12H,6-9H2,1-3H3. The van der Waals surface area contributed by atoms with E-state index >= 15 is 0 Å². The van der Waals surface area contributed by atoms with Gasteiger partial charge in [0, 0.05) is 43.9 Å². The van der Waals surface area contributed by atoms with Crippen LogP contribution in [0.25, 0.3) is 11.3 Å². The molecule has 0 radical (unpaired) electrons. The third kappa shape index (κ3) is 4.69. The normalized spacial score (nSPS) is 15.0. The second kappa shape index (κ2) is 7.46. The maximum absolute atomic E-state index is 14.0. The third-order valence-electron chi connectivity index (χ3n) is 4.12. The second-order valence-corrected chi connectivity index (χ2v) is 7.34. The number of hydrogen-bond donors (Lipinski definition) is 0. The van der Waals surface area contributed by atoms with Gasteiger partial charge in [-0.1, -0.05) is 0 Å². The molecule has 27 heavy (non-hydrogen) atoms. The van der Waals surface area contributed by atoms with E-state index in [9.17, 15) is 13.6 Å². The maximum Gasteiger partial charge on any atom is 0.410 e. The molecule has 6 nitrogen and oxygen atoms in total. The van der Waals surface area contributed by atoms with Gasteiger partial charge in [0.25, 0.3) is 0 Å². The Kier molecular flexibility index (Phi) is 5.25. The Hall–Kier alpha value is -2.77. The highest BCUT2D eigenvalue weighted by atomic mass is 19.1. The van der Waals surface area contributed by atoms with E-state index in [1.807, 2.05) is 25.7 Å². The molecule has 0 unspecified atom stereocenters. The van der Waals surface area contributed by atoms with Crippen LogP contribution in [0.1, 0.15) is 20.8 Å². The number of nitrogens with zero attached hydrogens (tertiary/aromatic N) is 4. The van der Waals surface area contributed by atoms with Crippen molar-refractivity contribution in [2.24, 2.45) is 0 Å². The largest absolute Gasteiger partial charge is 0.444 e. The molecule has 0 atom stereocenters. The molecule has 2 aromatic rings. The van der Waals surface area contributed by atoms with Crippen LogP contribution in [0.5, 0.6) is 0 Å². The van der Waals surface area contributed by atoms with Crippen LogP contribution < -0.4 is 4.90 Å². The van der Waals surface area contributed by atoms with Gasteiger partial charge in [-0.2, -0.15) is 0 Å². The first-order chi connectivity index (χ1) is 12.7. The van der Waals surface area contributed by atoms with Crippen molar-refractivity contribution in [3.8, 4) is 11.3 Å². The van der Waals surface area contributed by atoms with Crippen molar-refractivity contribution in [1.82, 2.24) is 14.9 Å². The highest BCUT2D eigenvalue weighted by Gasteiger charge is 2.26. The number of ether oxygens (including phenoxy) is 1. The predicted molar refractivity (Wildman–Crippen MR) is 97.4 cm³/mol. The summed E-state index contributed by atoms with van der Waals surface area (Å²) in [5.41, 5.74) is 0.0640. The minimum absolute atomic E-state index is 0.215. The van der Waals surface area contributed by atoms with Gasteiger partial charge in [0.05, 0.1) is 5.69 Å². The van der Waals surface area contributed by atoms with E-state index in [0.29, 0.717) is 37.7 Å². The number of carbonyl (C=O) groups is 1. The van der Waals surface area contributed by atoms with Gasteiger partial charge in [0.1, 0.15) is 29.4 Å². The number of benzene rings is 1. The minimum Gasteiger partial charge on any atom is -0.444 e. The van der Waals surface area contributed by atoms with Crippen molar-refractivity contribution < 1.29 is 18.3 Å². The number of amides is 1. The Morgan fingerprint density at radius 2 is 1.78 bits per heavy atom. The van der Waals surface area contributed by atoms with Crippen molar-refractivity contribution in [2.75, 3.05) is 31.1 Å². The van der Waals surface area contributed by atoms with Crippen LogP contribution >= 0.6 is 0 Å². The number of halogens is 2. The lowest BCUT2D eigenvalue weighted by Gasteiger charge is -2.36. The van der Waals surface area contributed by atoms with Gasteiger partial charge in [-0.3, -0.25) is 0 Å². The summed E-state index contributed by atoms with van der Waals surface area (Å²) in [6.45, 7) is 7.63. The fourth-order valence-electron chi connectivity index (χ4n) is 2.81. The highest BCUT2D eigenvalue weighted by Crippen LogP contribution is 2.25. The van der Waals surface area contributed by atoms with Gasteiger partial charge in [0.2, 0.25) is 0 Å². The number of aromatic nitrogens is 2. The smallest absolute Gasteiger partial charge is 0.410 e. The molecular formula is C19H22F2N4O2. The van der Waals surface area contributed by atoms with Gasteiger partial charge < -0.3 is 14.5 Å². The van der Waals surface area contributed by atoms with E-state index in [1.165, 1.54) is 18.5 Å². The van der Waals surface area contributed by atoms with Crippen molar-refractivity contribution in [3.05, 3.63) is 42.2 Å². The molecule has 1 fully saturated rings. The topological polar surface area (TPSA) is 58.6 Å². The number of carbonyl (C=O) groups excluding carboxylic acids is 1. The molecular weight excluding hydrogens is 354 g/mol. The van der Waals surface area contributed by atoms with Crippen LogP contribution in [-0.4, -0.2) is 52.7 Å². The highest BCUT2D eigenvalue weighted by molar-refractivity contribution is 5.69. The summed E-state index contributed by atoms with van der Waals surface area (Å²) in [7, 11) is 0. The van der Waals surface area contributed by atoms with Crippen LogP contribution in [0.2, 0.25) is 0 Å². The van der Waals surface area contributed by atoms with Gasteiger partial charge in [-0.25, -0.2) is 23.5 Å². The fourth-order valence-corrected chi connectivity index (χ4v) is 2.81. The summed E-state index contributed by atoms with van der Waals surface area (Å²) in [5.74, 6) is -0.675. The molecule has 1 saturated heterocycles. The zero-order chi connectivity index (χ0) is 19.6. The van der Waals surface area contributed by atoms with Crippen LogP contribution in [0.3, 0.4) is 0 Å². The van der Waals surface area contributed by atoms with E-state index in [-0.39, 0.29) is 11.7 Å². The van der Waals surface area contributed by atoms with Gasteiger partial charge in [0.15, 0.2) is 0 Å². The molecule has 0 N–H and O–H groups in total. The average molecular weight is 376 g/mol. The zero-order valence-electron chi connectivity index (χ0n) is 15.6. The Balaban J connectivity index is 1.69. The maximum atomic E-state index is 14.0. The lowest BCUT2D eigenvalue weighted by atomic mass is 10.1. The molecule has 1 aliphatic rings. The summed E-state index contributed by atoms with van der Waals surface area (Å²) in [6.07, 6.45) is 1.02. The molecule has 0 spiro atoms. The molecule has 3 rings (SSSR count). The molecule has 1 aromatic heterocycles. The van der Waals surface area contributed by atoms with Crippen molar-refractivity contribution in [1.29, 1.82) is 0 Å². The van der Waals surface area contributed by atoms with Crippen molar-refractivity contribution in [3.63, 3.8) is 0 Å². The molecule has 1 aromatic carbocycles. The van der Waals surface area contributed by atoms with Gasteiger partial charge in [-0.05, 0) is 32.9 Å². The Bertz CT molecular complexity index is 831. The van der Waals surface area contributed by atoms with Crippen LogP contribution in [0, 0.1) is 11.6 Å². The van der Waals surface area contributed by atoms with E-state index in [0.717, 1.165) is 6.07 Å². The summed E-state index contributed by atoms with van der Waals surface area (Å²) in [5, 5.41) is 0. The van der Waals surface area contributed by atoms with Crippen LogP contribution in [0.4, 0.5) is 19.4 Å². The van der Waals surface area contributed by atoms with Crippen molar-refractivity contribution in [2.45, 2.75) is 26.4 Å². The number of hydrogen-bond acceptors (Lipinski definition) is 5. The SMILES string of the molecule is CC(C)(C)OC(=O)N1CCN(c2cc(-c3ccc(F)cc3F)ncn2)CC1. The number of piperazine rings is 1. The molecule has 0 aliphatic carbocycles. The summed E-state index contributed by atoms with van der Waals surface area (Å²) in [4.78, 5) is 24.1. The molecule has 1 aliphatic heterocycles. The third-order valence-corrected chi connectivity index (χ3v) is 4.12. The molecule has 1 amide bonds. The second-order valence-electron chi connectivity index (χ2n) is 7.34. The van der Waals surface area contributed by atoms with Gasteiger partial charge >= 0.3 is 6.09 Å². The Labute approximate surface area is 156 Å². The number of anilines is 1. The van der Waals surface area contributed by atoms with Crippen molar-refractivity contribution >= 4 is 11.9 Å². The van der Waals surface area contributed by atoms with Crippen LogP contribution in [0.15, 0.2) is 30.6 Å². The van der Waals surface area contributed by atoms with E-state index < -0.39 is 17.2 Å². The average Bonchev–Trinajstić information content (AvgIpc) is 2.60. The lowest BCUT2D eigenvalue weighted by molar-refractivity contribution is 0.0240. The number of rotatable bonds is 2. The summed E-state index contributed by atoms with van der Waals surface area (Å²) in [6, 6.07) is 5.05. The first kappa shape index (κ1) is 19.0. The fraction of sp³-hybridized carbons (Fsp3) is 0.421. The first-order valence-electron chi connectivity index (χ1n) is 8.73. The molecule has 144 valence electrons. The van der Waals surface area contributed by atoms with E-state index in [4.69, 9.17) is 4.74 Å². The summed E-state index contributed by atoms with van der Waals surface area (Å²) < 4.78 is 32.5. The minimum atomic E-state index is -0.672. The Morgan fingerprint density at radius 3 is 2.41 bits per heavy atom. The van der Waals surface area contributed by atoms with E-state index in [2.05, 4.69) is 9.97 Å².